The van der Waals surface area contributed by atoms with Crippen LogP contribution in [0.5, 0.6) is 5.75 Å². The molecule has 2 atom stereocenters. The highest BCUT2D eigenvalue weighted by molar-refractivity contribution is 5.31. The van der Waals surface area contributed by atoms with E-state index in [1.165, 1.54) is 12.0 Å². The van der Waals surface area contributed by atoms with Crippen LogP contribution in [0.15, 0.2) is 48.1 Å². The van der Waals surface area contributed by atoms with Crippen molar-refractivity contribution in [3.8, 4) is 5.75 Å². The Morgan fingerprint density at radius 2 is 2.00 bits per heavy atom. The van der Waals surface area contributed by atoms with Gasteiger partial charge in [0, 0.05) is 0 Å². The van der Waals surface area contributed by atoms with E-state index in [1.54, 1.807) is 6.07 Å². The van der Waals surface area contributed by atoms with Gasteiger partial charge < -0.3 is 10.2 Å². The number of phenolic OH excluding ortho intramolecular Hbond substituents is 1. The van der Waals surface area contributed by atoms with E-state index in [0.717, 1.165) is 36.8 Å². The van der Waals surface area contributed by atoms with E-state index in [0.29, 0.717) is 11.7 Å². The first kappa shape index (κ1) is 18.5. The van der Waals surface area contributed by atoms with Gasteiger partial charge in [-0.25, -0.2) is 0 Å². The van der Waals surface area contributed by atoms with Crippen molar-refractivity contribution in [1.29, 1.82) is 0 Å². The second-order valence-electron chi connectivity index (χ2n) is 6.21. The summed E-state index contributed by atoms with van der Waals surface area (Å²) < 4.78 is 0. The van der Waals surface area contributed by atoms with Crippen LogP contribution in [0.3, 0.4) is 0 Å². The molecule has 122 valence electrons. The highest BCUT2D eigenvalue weighted by Gasteiger charge is 2.19. The third kappa shape index (κ3) is 6.07. The van der Waals surface area contributed by atoms with Crippen LogP contribution in [0.4, 0.5) is 0 Å². The molecule has 2 heteroatoms. The minimum absolute atomic E-state index is 0.231. The molecule has 2 N–H and O–H groups in total. The molecule has 0 heterocycles. The van der Waals surface area contributed by atoms with Gasteiger partial charge in [-0.15, -0.1) is 0 Å². The van der Waals surface area contributed by atoms with Gasteiger partial charge in [-0.05, 0) is 62.7 Å². The van der Waals surface area contributed by atoms with Gasteiger partial charge in [0.05, 0.1) is 6.10 Å². The topological polar surface area (TPSA) is 40.5 Å². The van der Waals surface area contributed by atoms with Crippen molar-refractivity contribution in [1.82, 2.24) is 0 Å². The summed E-state index contributed by atoms with van der Waals surface area (Å²) in [5.74, 6) is 0.926. The molecule has 0 amide bonds. The number of unbranched alkanes of at least 4 members (excludes halogenated alkanes) is 1. The maximum atomic E-state index is 9.49. The molecule has 1 aromatic rings. The molecular formula is C20H30O2. The van der Waals surface area contributed by atoms with Crippen molar-refractivity contribution < 1.29 is 10.2 Å². The average molecular weight is 302 g/mol. The Hall–Kier alpha value is -1.54. The molecule has 0 bridgehead atoms. The molecular weight excluding hydrogens is 272 g/mol. The second-order valence-corrected chi connectivity index (χ2v) is 6.21. The number of aliphatic hydroxyl groups excluding tert-OH is 1. The Balaban J connectivity index is 0.000000220. The summed E-state index contributed by atoms with van der Waals surface area (Å²) >= 11 is 0. The summed E-state index contributed by atoms with van der Waals surface area (Å²) in [6, 6.07) is 7.53. The Bertz CT molecular complexity index is 502. The standard InChI is InChI=1S/C10H16O.C10H14O/c1-7(2)9-5-4-8(3)10(11)6-9;1-2-3-6-9-7-4-5-8-10(9)11/h4,9-11H,1,5-6H2,2-3H3;4-5,7-8,11H,2-3,6H2,1H3. The second kappa shape index (κ2) is 9.47. The van der Waals surface area contributed by atoms with E-state index >= 15 is 0 Å². The molecule has 0 spiro atoms. The molecule has 0 fully saturated rings. The minimum atomic E-state index is -0.231. The number of aryl methyl sites for hydroxylation is 1. The van der Waals surface area contributed by atoms with Crippen molar-refractivity contribution in [3.05, 3.63) is 53.6 Å². The van der Waals surface area contributed by atoms with E-state index in [1.807, 2.05) is 32.0 Å². The van der Waals surface area contributed by atoms with Gasteiger partial charge in [0.15, 0.2) is 0 Å². The fourth-order valence-electron chi connectivity index (χ4n) is 2.51. The lowest BCUT2D eigenvalue weighted by atomic mass is 9.84. The Morgan fingerprint density at radius 1 is 1.32 bits per heavy atom. The van der Waals surface area contributed by atoms with Gasteiger partial charge in [-0.2, -0.15) is 0 Å². The quantitative estimate of drug-likeness (QED) is 0.767. The number of benzene rings is 1. The molecule has 2 nitrogen and oxygen atoms in total. The number of phenols is 1. The number of rotatable bonds is 4. The van der Waals surface area contributed by atoms with Crippen molar-refractivity contribution >= 4 is 0 Å². The first-order chi connectivity index (χ1) is 10.5. The Labute approximate surface area is 135 Å². The number of para-hydroxylation sites is 1. The zero-order valence-electron chi connectivity index (χ0n) is 14.2. The number of aromatic hydroxyl groups is 1. The van der Waals surface area contributed by atoms with E-state index in [4.69, 9.17) is 0 Å². The van der Waals surface area contributed by atoms with Crippen molar-refractivity contribution in [2.45, 2.75) is 59.0 Å². The molecule has 1 aromatic carbocycles. The van der Waals surface area contributed by atoms with Crippen LogP contribution in [-0.2, 0) is 6.42 Å². The molecule has 0 saturated heterocycles. The third-order valence-corrected chi connectivity index (χ3v) is 4.25. The maximum Gasteiger partial charge on any atom is 0.118 e. The number of hydrogen-bond donors (Lipinski definition) is 2. The molecule has 2 rings (SSSR count). The van der Waals surface area contributed by atoms with Gasteiger partial charge in [-0.1, -0.05) is 49.8 Å². The van der Waals surface area contributed by atoms with Crippen LogP contribution in [0.1, 0.15) is 52.0 Å². The van der Waals surface area contributed by atoms with Crippen LogP contribution in [-0.4, -0.2) is 16.3 Å². The molecule has 1 aliphatic rings. The van der Waals surface area contributed by atoms with Crippen LogP contribution in [0.25, 0.3) is 0 Å². The van der Waals surface area contributed by atoms with Gasteiger partial charge in [0.25, 0.3) is 0 Å². The largest absolute Gasteiger partial charge is 0.508 e. The molecule has 0 aliphatic heterocycles. The summed E-state index contributed by atoms with van der Waals surface area (Å²) in [6.07, 6.45) is 7.11. The van der Waals surface area contributed by atoms with Crippen molar-refractivity contribution in [2.75, 3.05) is 0 Å². The minimum Gasteiger partial charge on any atom is -0.508 e. The van der Waals surface area contributed by atoms with Crippen LogP contribution in [0.2, 0.25) is 0 Å². The Kier molecular flexibility index (Phi) is 7.97. The molecule has 0 aromatic heterocycles. The van der Waals surface area contributed by atoms with Crippen LogP contribution in [0, 0.1) is 5.92 Å². The third-order valence-electron chi connectivity index (χ3n) is 4.25. The normalized spacial score (nSPS) is 20.6. The van der Waals surface area contributed by atoms with Crippen molar-refractivity contribution in [3.63, 3.8) is 0 Å². The van der Waals surface area contributed by atoms with E-state index < -0.39 is 0 Å². The zero-order chi connectivity index (χ0) is 16.5. The van der Waals surface area contributed by atoms with Gasteiger partial charge >= 0.3 is 0 Å². The van der Waals surface area contributed by atoms with Gasteiger partial charge in [-0.3, -0.25) is 0 Å². The Morgan fingerprint density at radius 3 is 2.55 bits per heavy atom. The zero-order valence-corrected chi connectivity index (χ0v) is 14.2. The SMILES string of the molecule is C=C(C)C1CC=C(C)C(O)C1.CCCCc1ccccc1O. The van der Waals surface area contributed by atoms with Gasteiger partial charge in [0.2, 0.25) is 0 Å². The summed E-state index contributed by atoms with van der Waals surface area (Å²) in [4.78, 5) is 0. The lowest BCUT2D eigenvalue weighted by molar-refractivity contribution is 0.174. The summed E-state index contributed by atoms with van der Waals surface area (Å²) in [5, 5.41) is 18.8. The summed E-state index contributed by atoms with van der Waals surface area (Å²) in [6.45, 7) is 10.1. The number of hydrogen-bond acceptors (Lipinski definition) is 2. The first-order valence-corrected chi connectivity index (χ1v) is 8.22. The van der Waals surface area contributed by atoms with Crippen LogP contribution < -0.4 is 0 Å². The molecule has 2 unspecified atom stereocenters. The van der Waals surface area contributed by atoms with E-state index in [-0.39, 0.29) is 6.10 Å². The predicted molar refractivity (Wildman–Crippen MR) is 94.0 cm³/mol. The monoisotopic (exact) mass is 302 g/mol. The van der Waals surface area contributed by atoms with E-state index in [2.05, 4.69) is 19.6 Å². The molecule has 22 heavy (non-hydrogen) atoms. The first-order valence-electron chi connectivity index (χ1n) is 8.22. The number of allylic oxidation sites excluding steroid dienone is 2. The fraction of sp³-hybridized carbons (Fsp3) is 0.500. The lowest BCUT2D eigenvalue weighted by Gasteiger charge is -2.24. The predicted octanol–water partition coefficient (Wildman–Crippen LogP) is 5.01. The lowest BCUT2D eigenvalue weighted by Crippen LogP contribution is -2.19. The van der Waals surface area contributed by atoms with Crippen molar-refractivity contribution in [2.24, 2.45) is 5.92 Å². The summed E-state index contributed by atoms with van der Waals surface area (Å²) in [7, 11) is 0. The maximum absolute atomic E-state index is 9.49. The molecule has 0 radical (unpaired) electrons. The van der Waals surface area contributed by atoms with E-state index in [9.17, 15) is 10.2 Å². The summed E-state index contributed by atoms with van der Waals surface area (Å²) in [5.41, 5.74) is 3.37. The highest BCUT2D eigenvalue weighted by atomic mass is 16.3. The average Bonchev–Trinajstić information content (AvgIpc) is 2.50. The fourth-order valence-corrected chi connectivity index (χ4v) is 2.51. The van der Waals surface area contributed by atoms with Gasteiger partial charge in [0.1, 0.15) is 5.75 Å². The highest BCUT2D eigenvalue weighted by Crippen LogP contribution is 2.27. The molecule has 1 aliphatic carbocycles. The number of aliphatic hydroxyl groups is 1. The smallest absolute Gasteiger partial charge is 0.118 e. The van der Waals surface area contributed by atoms with Crippen LogP contribution >= 0.6 is 0 Å². The molecule has 0 saturated carbocycles.